The summed E-state index contributed by atoms with van der Waals surface area (Å²) in [6.07, 6.45) is 3.76. The second-order valence-corrected chi connectivity index (χ2v) is 14.3. The molecule has 3 aliphatic rings. The normalized spacial score (nSPS) is 19.0. The molecule has 0 aromatic heterocycles. The van der Waals surface area contributed by atoms with Gasteiger partial charge >= 0.3 is 0 Å². The molecule has 1 amide bonds. The third-order valence-electron chi connectivity index (χ3n) is 8.07. The lowest BCUT2D eigenvalue weighted by molar-refractivity contribution is 0.0774. The van der Waals surface area contributed by atoms with Crippen LogP contribution in [0.1, 0.15) is 92.4 Å². The molecule has 3 aliphatic heterocycles. The van der Waals surface area contributed by atoms with Crippen molar-refractivity contribution in [3.05, 3.63) is 17.7 Å². The number of piperazine rings is 1. The van der Waals surface area contributed by atoms with Crippen LogP contribution in [0.4, 0.5) is 5.69 Å². The lowest BCUT2D eigenvalue weighted by atomic mass is 9.81. The van der Waals surface area contributed by atoms with Crippen molar-refractivity contribution in [2.75, 3.05) is 45.9 Å². The number of hydrogen-bond donors (Lipinski definition) is 1. The maximum absolute atomic E-state index is 13.0. The number of amides is 1. The summed E-state index contributed by atoms with van der Waals surface area (Å²) in [5.74, 6) is 0.920. The van der Waals surface area contributed by atoms with Gasteiger partial charge in [0.05, 0.1) is 23.9 Å². The van der Waals surface area contributed by atoms with E-state index < -0.39 is 0 Å². The molecule has 7 nitrogen and oxygen atoms in total. The largest absolute Gasteiger partial charge is 0.504 e. The number of carbonyl (C=O) groups excluding carboxylic acids is 1. The highest BCUT2D eigenvalue weighted by Gasteiger charge is 2.41. The summed E-state index contributed by atoms with van der Waals surface area (Å²) in [6.45, 7) is 27.5. The minimum Gasteiger partial charge on any atom is -0.504 e. The fraction of sp³-hybridized carbons (Fsp3) is 0.719. The number of rotatable bonds is 7. The number of hydrogen-bond acceptors (Lipinski definition) is 7. The molecule has 0 saturated carbocycles. The van der Waals surface area contributed by atoms with Crippen LogP contribution in [-0.4, -0.2) is 92.9 Å². The van der Waals surface area contributed by atoms with Crippen LogP contribution in [0.2, 0.25) is 0 Å². The predicted octanol–water partition coefficient (Wildman–Crippen LogP) is 7.24. The molecular formula is C32H54N4O3S2. The Bertz CT molecular complexity index is 1050. The van der Waals surface area contributed by atoms with Crippen molar-refractivity contribution >= 4 is 46.1 Å². The van der Waals surface area contributed by atoms with Gasteiger partial charge in [-0.1, -0.05) is 79.4 Å². The number of phenolic OH excluding ortho intramolecular Hbond substituents is 1. The van der Waals surface area contributed by atoms with Gasteiger partial charge in [0, 0.05) is 61.7 Å². The van der Waals surface area contributed by atoms with Crippen molar-refractivity contribution in [2.24, 2.45) is 16.3 Å². The van der Waals surface area contributed by atoms with Crippen LogP contribution in [-0.2, 0) is 0 Å². The zero-order valence-electron chi connectivity index (χ0n) is 27.1. The van der Waals surface area contributed by atoms with E-state index in [9.17, 15) is 9.90 Å². The van der Waals surface area contributed by atoms with E-state index in [4.69, 9.17) is 17.0 Å². The lowest BCUT2D eigenvalue weighted by Crippen LogP contribution is -2.50. The smallest absolute Gasteiger partial charge is 0.256 e. The zero-order chi connectivity index (χ0) is 31.0. The first-order chi connectivity index (χ1) is 19.4. The highest BCUT2D eigenvalue weighted by Crippen LogP contribution is 2.45. The summed E-state index contributed by atoms with van der Waals surface area (Å²) in [7, 11) is 0. The first kappa shape index (κ1) is 35.4. The highest BCUT2D eigenvalue weighted by molar-refractivity contribution is 8.23. The van der Waals surface area contributed by atoms with Gasteiger partial charge in [0.1, 0.15) is 4.32 Å². The number of aromatic hydroxyl groups is 1. The summed E-state index contributed by atoms with van der Waals surface area (Å²) in [4.78, 5) is 24.3. The first-order valence-corrected chi connectivity index (χ1v) is 16.7. The van der Waals surface area contributed by atoms with Gasteiger partial charge in [0.15, 0.2) is 11.5 Å². The number of thioether (sulfide) groups is 1. The van der Waals surface area contributed by atoms with Crippen molar-refractivity contribution in [2.45, 2.75) is 92.9 Å². The van der Waals surface area contributed by atoms with Crippen LogP contribution in [0.3, 0.4) is 0 Å². The second-order valence-electron chi connectivity index (χ2n) is 12.1. The maximum atomic E-state index is 13.0. The Kier molecular flexibility index (Phi) is 13.4. The number of benzene rings is 1. The number of phenols is 1. The fourth-order valence-corrected chi connectivity index (χ4v) is 6.85. The average Bonchev–Trinajstić information content (AvgIpc) is 3.37. The number of aliphatic imine (C=N–C) groups is 1. The van der Waals surface area contributed by atoms with E-state index in [-0.39, 0.29) is 27.9 Å². The number of nitrogens with zero attached hydrogens (tertiary/aromatic N) is 4. The molecule has 0 bridgehead atoms. The fourth-order valence-electron chi connectivity index (χ4n) is 4.95. The summed E-state index contributed by atoms with van der Waals surface area (Å²) in [5, 5.41) is 10.7. The highest BCUT2D eigenvalue weighted by atomic mass is 32.2. The van der Waals surface area contributed by atoms with Crippen molar-refractivity contribution in [3.63, 3.8) is 0 Å². The molecule has 0 spiro atoms. The molecule has 9 heteroatoms. The van der Waals surface area contributed by atoms with Crippen LogP contribution in [0.5, 0.6) is 11.5 Å². The first-order valence-electron chi connectivity index (χ1n) is 15.4. The molecule has 1 unspecified atom stereocenters. The van der Waals surface area contributed by atoms with Crippen molar-refractivity contribution < 1.29 is 14.6 Å². The summed E-state index contributed by atoms with van der Waals surface area (Å²) in [5.41, 5.74) is 0.721. The van der Waals surface area contributed by atoms with Gasteiger partial charge < -0.3 is 19.6 Å². The Hall–Kier alpha value is -1.84. The minimum atomic E-state index is -0.262. The molecular weight excluding hydrogens is 553 g/mol. The van der Waals surface area contributed by atoms with Crippen molar-refractivity contribution in [1.82, 2.24) is 14.7 Å². The quantitative estimate of drug-likeness (QED) is 0.328. The van der Waals surface area contributed by atoms with E-state index in [0.717, 1.165) is 56.4 Å². The van der Waals surface area contributed by atoms with Crippen LogP contribution in [0, 0.1) is 11.3 Å². The zero-order valence-corrected chi connectivity index (χ0v) is 28.8. The van der Waals surface area contributed by atoms with Gasteiger partial charge in [-0.2, -0.15) is 0 Å². The lowest BCUT2D eigenvalue weighted by Gasteiger charge is -2.43. The maximum Gasteiger partial charge on any atom is 0.256 e. The molecule has 4 rings (SSSR count). The van der Waals surface area contributed by atoms with Crippen LogP contribution in [0.15, 0.2) is 17.1 Å². The molecule has 1 atom stereocenters. The molecule has 0 radical (unpaired) electrons. The Morgan fingerprint density at radius 2 is 1.73 bits per heavy atom. The van der Waals surface area contributed by atoms with Gasteiger partial charge in [0.25, 0.3) is 5.91 Å². The third-order valence-corrected chi connectivity index (χ3v) is 10.1. The van der Waals surface area contributed by atoms with E-state index in [1.54, 1.807) is 17.8 Å². The number of carbonyl (C=O) groups is 1. The van der Waals surface area contributed by atoms with Gasteiger partial charge in [-0.25, -0.2) is 0 Å². The van der Waals surface area contributed by atoms with E-state index in [2.05, 4.69) is 56.3 Å². The third kappa shape index (κ3) is 8.83. The molecule has 2 fully saturated rings. The molecule has 1 aromatic carbocycles. The molecule has 1 N–H and O–H groups in total. The average molecular weight is 607 g/mol. The molecule has 3 heterocycles. The van der Waals surface area contributed by atoms with E-state index >= 15 is 0 Å². The van der Waals surface area contributed by atoms with Gasteiger partial charge in [-0.3, -0.25) is 14.7 Å². The van der Waals surface area contributed by atoms with E-state index in [1.165, 1.54) is 6.07 Å². The van der Waals surface area contributed by atoms with E-state index in [1.807, 2.05) is 38.8 Å². The summed E-state index contributed by atoms with van der Waals surface area (Å²) < 4.78 is 6.90. The van der Waals surface area contributed by atoms with E-state index in [0.29, 0.717) is 29.5 Å². The molecule has 1 aromatic rings. The predicted molar refractivity (Wildman–Crippen MR) is 179 cm³/mol. The standard InChI is InChI=1S/C28H42N4O3S2.2C2H6/c1-19(2)17-30-10-12-31(13-11-30)26(36)37-28(5,6)27(3,4)18-35-24-15-22-21(14-23(24)33)25(34)32-9-7-8-20(32)16-29-22;2*1-2/h14-16,19-20,33H,7-13,17-18H2,1-6H3;2*1-2H3. The van der Waals surface area contributed by atoms with Crippen LogP contribution in [0.25, 0.3) is 0 Å². The van der Waals surface area contributed by atoms with Crippen molar-refractivity contribution in [1.29, 1.82) is 0 Å². The SMILES string of the molecule is CC.CC.CC(C)CN1CCN(C(=S)SC(C)(C)C(C)(C)COc2cc3c(cc2O)C(=O)N2CCCC2C=N3)CC1. The summed E-state index contributed by atoms with van der Waals surface area (Å²) >= 11 is 7.61. The molecule has 0 aliphatic carbocycles. The molecule has 2 saturated heterocycles. The number of thiocarbonyl (C=S) groups is 1. The topological polar surface area (TPSA) is 68.6 Å². The van der Waals surface area contributed by atoms with Gasteiger partial charge in [-0.05, 0) is 38.7 Å². The van der Waals surface area contributed by atoms with Crippen LogP contribution >= 0.6 is 24.0 Å². The monoisotopic (exact) mass is 606 g/mol. The Balaban J connectivity index is 0.00000141. The molecule has 41 heavy (non-hydrogen) atoms. The van der Waals surface area contributed by atoms with Crippen LogP contribution < -0.4 is 4.74 Å². The van der Waals surface area contributed by atoms with Gasteiger partial charge in [-0.15, -0.1) is 0 Å². The number of fused-ring (bicyclic) bond motifs is 2. The Labute approximate surface area is 259 Å². The summed E-state index contributed by atoms with van der Waals surface area (Å²) in [6, 6.07) is 3.23. The van der Waals surface area contributed by atoms with Crippen molar-refractivity contribution in [3.8, 4) is 11.5 Å². The number of ether oxygens (including phenoxy) is 1. The van der Waals surface area contributed by atoms with Gasteiger partial charge in [0.2, 0.25) is 0 Å². The minimum absolute atomic E-state index is 0.0315. The Morgan fingerprint density at radius 1 is 1.10 bits per heavy atom. The molecule has 232 valence electrons. The Morgan fingerprint density at radius 3 is 2.34 bits per heavy atom. The second kappa shape index (κ2) is 15.6.